The summed E-state index contributed by atoms with van der Waals surface area (Å²) in [5, 5.41) is 22.0. The van der Waals surface area contributed by atoms with Gasteiger partial charge in [0.25, 0.3) is 5.91 Å². The Balaban J connectivity index is 1.87. The zero-order valence-electron chi connectivity index (χ0n) is 13.0. The number of hydrogen-bond donors (Lipinski definition) is 3. The smallest absolute Gasteiger partial charge is 0.335 e. The van der Waals surface area contributed by atoms with Gasteiger partial charge in [-0.3, -0.25) is 4.79 Å². The molecule has 1 saturated carbocycles. The van der Waals surface area contributed by atoms with Crippen molar-refractivity contribution in [2.75, 3.05) is 0 Å². The van der Waals surface area contributed by atoms with Gasteiger partial charge in [-0.1, -0.05) is 18.9 Å². The van der Waals surface area contributed by atoms with Crippen molar-refractivity contribution in [3.8, 4) is 6.07 Å². The summed E-state index contributed by atoms with van der Waals surface area (Å²) in [7, 11) is 0. The van der Waals surface area contributed by atoms with Gasteiger partial charge in [-0.25, -0.2) is 4.79 Å². The van der Waals surface area contributed by atoms with Crippen molar-refractivity contribution in [1.82, 2.24) is 10.3 Å². The van der Waals surface area contributed by atoms with E-state index in [0.29, 0.717) is 11.1 Å². The second-order valence-corrected chi connectivity index (χ2v) is 5.93. The lowest BCUT2D eigenvalue weighted by Gasteiger charge is -2.10. The van der Waals surface area contributed by atoms with E-state index in [1.54, 1.807) is 12.3 Å². The number of aromatic nitrogens is 1. The highest BCUT2D eigenvalue weighted by Crippen LogP contribution is 2.23. The highest BCUT2D eigenvalue weighted by molar-refractivity contribution is 6.04. The van der Waals surface area contributed by atoms with Gasteiger partial charge in [-0.2, -0.15) is 5.26 Å². The first-order valence-electron chi connectivity index (χ1n) is 7.85. The lowest BCUT2D eigenvalue weighted by atomic mass is 10.1. The third kappa shape index (κ3) is 3.15. The van der Waals surface area contributed by atoms with Crippen LogP contribution in [-0.4, -0.2) is 28.0 Å². The van der Waals surface area contributed by atoms with E-state index in [2.05, 4.69) is 10.3 Å². The molecule has 0 spiro atoms. The maximum atomic E-state index is 12.2. The number of fused-ring (bicyclic) bond motifs is 1. The van der Waals surface area contributed by atoms with Gasteiger partial charge in [0.2, 0.25) is 0 Å². The zero-order valence-corrected chi connectivity index (χ0v) is 13.0. The van der Waals surface area contributed by atoms with Crippen molar-refractivity contribution in [2.45, 2.75) is 31.7 Å². The Kier molecular flexibility index (Phi) is 4.34. The van der Waals surface area contributed by atoms with Crippen molar-refractivity contribution < 1.29 is 14.7 Å². The van der Waals surface area contributed by atoms with Crippen LogP contribution in [0.5, 0.6) is 0 Å². The monoisotopic (exact) mass is 323 g/mol. The number of aromatic carboxylic acids is 1. The van der Waals surface area contributed by atoms with E-state index in [0.717, 1.165) is 31.1 Å². The van der Waals surface area contributed by atoms with Gasteiger partial charge in [0, 0.05) is 28.7 Å². The van der Waals surface area contributed by atoms with Crippen LogP contribution in [0, 0.1) is 11.3 Å². The molecule has 1 aliphatic carbocycles. The van der Waals surface area contributed by atoms with Crippen molar-refractivity contribution in [2.24, 2.45) is 0 Å². The van der Waals surface area contributed by atoms with E-state index in [9.17, 15) is 14.9 Å². The normalized spacial score (nSPS) is 15.4. The van der Waals surface area contributed by atoms with Crippen molar-refractivity contribution >= 4 is 28.9 Å². The number of benzene rings is 1. The molecule has 24 heavy (non-hydrogen) atoms. The maximum absolute atomic E-state index is 12.2. The number of carboxylic acid groups (broad SMARTS) is 1. The molecule has 122 valence electrons. The van der Waals surface area contributed by atoms with Gasteiger partial charge in [-0.15, -0.1) is 0 Å². The van der Waals surface area contributed by atoms with E-state index in [1.165, 1.54) is 18.2 Å². The van der Waals surface area contributed by atoms with Crippen molar-refractivity contribution in [1.29, 1.82) is 5.26 Å². The zero-order chi connectivity index (χ0) is 17.1. The number of nitriles is 1. The fourth-order valence-corrected chi connectivity index (χ4v) is 3.04. The van der Waals surface area contributed by atoms with Gasteiger partial charge in [-0.05, 0) is 31.1 Å². The predicted molar refractivity (Wildman–Crippen MR) is 89.2 cm³/mol. The first-order chi connectivity index (χ1) is 11.6. The van der Waals surface area contributed by atoms with Crippen LogP contribution < -0.4 is 5.32 Å². The third-order valence-electron chi connectivity index (χ3n) is 4.32. The molecule has 0 unspecified atom stereocenters. The van der Waals surface area contributed by atoms with Crippen molar-refractivity contribution in [3.63, 3.8) is 0 Å². The predicted octanol–water partition coefficient (Wildman–Crippen LogP) is 2.83. The molecule has 0 radical (unpaired) electrons. The second kappa shape index (κ2) is 6.59. The average Bonchev–Trinajstić information content (AvgIpc) is 3.21. The molecule has 3 N–H and O–H groups in total. The average molecular weight is 323 g/mol. The molecule has 3 rings (SSSR count). The van der Waals surface area contributed by atoms with Crippen LogP contribution >= 0.6 is 0 Å². The summed E-state index contributed by atoms with van der Waals surface area (Å²) in [5.74, 6) is -1.36. The number of carbonyl (C=O) groups excluding carboxylic acids is 1. The summed E-state index contributed by atoms with van der Waals surface area (Å²) in [6.45, 7) is 0. The Morgan fingerprint density at radius 1 is 1.33 bits per heavy atom. The SMILES string of the molecule is N#CC(=Cc1c[nH]c2cc(C(=O)O)ccc12)C(=O)NC1CCCC1. The van der Waals surface area contributed by atoms with E-state index in [4.69, 9.17) is 5.11 Å². The number of amides is 1. The minimum absolute atomic E-state index is 0.0464. The number of carboxylic acids is 1. The molecule has 1 aromatic carbocycles. The maximum Gasteiger partial charge on any atom is 0.335 e. The molecule has 6 heteroatoms. The number of H-pyrrole nitrogens is 1. The number of rotatable bonds is 4. The first kappa shape index (κ1) is 15.8. The van der Waals surface area contributed by atoms with Gasteiger partial charge in [0.05, 0.1) is 5.56 Å². The molecule has 0 aliphatic heterocycles. The Bertz CT molecular complexity index is 867. The molecule has 1 amide bonds. The lowest BCUT2D eigenvalue weighted by molar-refractivity contribution is -0.117. The minimum atomic E-state index is -1.00. The van der Waals surface area contributed by atoms with E-state index in [-0.39, 0.29) is 23.1 Å². The summed E-state index contributed by atoms with van der Waals surface area (Å²) >= 11 is 0. The molecule has 0 bridgehead atoms. The van der Waals surface area contributed by atoms with E-state index in [1.807, 2.05) is 6.07 Å². The largest absolute Gasteiger partial charge is 0.478 e. The Hall–Kier alpha value is -3.07. The number of hydrogen-bond acceptors (Lipinski definition) is 3. The van der Waals surface area contributed by atoms with Crippen LogP contribution in [0.3, 0.4) is 0 Å². The molecule has 1 aliphatic rings. The molecule has 1 fully saturated rings. The minimum Gasteiger partial charge on any atom is -0.478 e. The fraction of sp³-hybridized carbons (Fsp3) is 0.278. The van der Waals surface area contributed by atoms with Crippen molar-refractivity contribution in [3.05, 3.63) is 41.1 Å². The Morgan fingerprint density at radius 2 is 2.08 bits per heavy atom. The summed E-state index contributed by atoms with van der Waals surface area (Å²) in [6, 6.07) is 6.80. The highest BCUT2D eigenvalue weighted by Gasteiger charge is 2.19. The summed E-state index contributed by atoms with van der Waals surface area (Å²) in [4.78, 5) is 26.2. The molecule has 1 aromatic heterocycles. The quantitative estimate of drug-likeness (QED) is 0.594. The summed E-state index contributed by atoms with van der Waals surface area (Å²) in [6.07, 6.45) is 7.31. The van der Waals surface area contributed by atoms with E-state index < -0.39 is 5.97 Å². The van der Waals surface area contributed by atoms with Crippen LogP contribution in [-0.2, 0) is 4.79 Å². The van der Waals surface area contributed by atoms with Crippen LogP contribution in [0.4, 0.5) is 0 Å². The van der Waals surface area contributed by atoms with Gasteiger partial charge in [0.1, 0.15) is 11.6 Å². The molecular formula is C18H17N3O3. The highest BCUT2D eigenvalue weighted by atomic mass is 16.4. The van der Waals surface area contributed by atoms with Crippen LogP contribution in [0.25, 0.3) is 17.0 Å². The van der Waals surface area contributed by atoms with Crippen LogP contribution in [0.2, 0.25) is 0 Å². The van der Waals surface area contributed by atoms with Gasteiger partial charge in [0.15, 0.2) is 0 Å². The van der Waals surface area contributed by atoms with Gasteiger partial charge >= 0.3 is 5.97 Å². The number of nitrogens with one attached hydrogen (secondary N) is 2. The molecule has 2 aromatic rings. The molecule has 0 atom stereocenters. The number of aromatic amines is 1. The Morgan fingerprint density at radius 3 is 2.75 bits per heavy atom. The van der Waals surface area contributed by atoms with Crippen LogP contribution in [0.15, 0.2) is 30.0 Å². The topological polar surface area (TPSA) is 106 Å². The fourth-order valence-electron chi connectivity index (χ4n) is 3.04. The third-order valence-corrected chi connectivity index (χ3v) is 4.32. The second-order valence-electron chi connectivity index (χ2n) is 5.93. The molecule has 6 nitrogen and oxygen atoms in total. The lowest BCUT2D eigenvalue weighted by Crippen LogP contribution is -2.33. The first-order valence-corrected chi connectivity index (χ1v) is 7.85. The molecule has 0 saturated heterocycles. The summed E-state index contributed by atoms with van der Waals surface area (Å²) in [5.41, 5.74) is 1.55. The number of carbonyl (C=O) groups is 2. The Labute approximate surface area is 138 Å². The molecular weight excluding hydrogens is 306 g/mol. The van der Waals surface area contributed by atoms with Crippen LogP contribution in [0.1, 0.15) is 41.6 Å². The van der Waals surface area contributed by atoms with E-state index >= 15 is 0 Å². The standard InChI is InChI=1S/C18H17N3O3/c19-9-12(17(22)21-14-3-1-2-4-14)7-13-10-20-16-8-11(18(23)24)5-6-15(13)16/h5-8,10,14,20H,1-4H2,(H,21,22)(H,23,24). The summed E-state index contributed by atoms with van der Waals surface area (Å²) < 4.78 is 0. The molecule has 1 heterocycles. The van der Waals surface area contributed by atoms with Gasteiger partial charge < -0.3 is 15.4 Å². The number of nitrogens with zero attached hydrogens (tertiary/aromatic N) is 1.